The Labute approximate surface area is 208 Å². The molecule has 3 aromatic heterocycles. The Bertz CT molecular complexity index is 1450. The number of aromatic nitrogens is 6. The zero-order valence-corrected chi connectivity index (χ0v) is 20.4. The van der Waals surface area contributed by atoms with Gasteiger partial charge in [0, 0.05) is 39.7 Å². The highest BCUT2D eigenvalue weighted by molar-refractivity contribution is 7.13. The Morgan fingerprint density at radius 2 is 1.86 bits per heavy atom. The first-order valence-corrected chi connectivity index (χ1v) is 12.4. The molecule has 0 amide bonds. The molecule has 2 atom stereocenters. The normalized spacial score (nSPS) is 14.1. The molecule has 11 heteroatoms. The quantitative estimate of drug-likeness (QED) is 0.324. The fourth-order valence-electron chi connectivity index (χ4n) is 3.84. The number of hydrogen-bond donors (Lipinski definition) is 1. The Morgan fingerprint density at radius 3 is 2.51 bits per heavy atom. The summed E-state index contributed by atoms with van der Waals surface area (Å²) in [5.41, 5.74) is 0.954. The average Bonchev–Trinajstić information content (AvgIpc) is 3.61. The minimum atomic E-state index is -1.78. The van der Waals surface area contributed by atoms with Crippen molar-refractivity contribution >= 4 is 22.9 Å². The minimum Gasteiger partial charge on any atom is -0.382 e. The van der Waals surface area contributed by atoms with Crippen molar-refractivity contribution in [3.8, 4) is 22.0 Å². The number of aryl methyl sites for hydroxylation is 1. The van der Waals surface area contributed by atoms with Gasteiger partial charge in [-0.1, -0.05) is 37.3 Å². The monoisotopic (exact) mass is 510 g/mol. The summed E-state index contributed by atoms with van der Waals surface area (Å²) >= 11 is 2.71. The average molecular weight is 511 g/mol. The van der Waals surface area contributed by atoms with Gasteiger partial charge in [0.15, 0.2) is 5.82 Å². The van der Waals surface area contributed by atoms with E-state index in [0.29, 0.717) is 10.8 Å². The van der Waals surface area contributed by atoms with Crippen molar-refractivity contribution in [2.24, 2.45) is 0 Å². The maximum absolute atomic E-state index is 14.8. The van der Waals surface area contributed by atoms with Crippen LogP contribution in [0.3, 0.4) is 0 Å². The van der Waals surface area contributed by atoms with Crippen molar-refractivity contribution in [2.45, 2.75) is 31.9 Å². The van der Waals surface area contributed by atoms with Crippen LogP contribution >= 0.6 is 22.9 Å². The van der Waals surface area contributed by atoms with Gasteiger partial charge in [-0.25, -0.2) is 28.4 Å². The summed E-state index contributed by atoms with van der Waals surface area (Å²) < 4.78 is 34.3. The molecule has 7 nitrogen and oxygen atoms in total. The highest BCUT2D eigenvalue weighted by Gasteiger charge is 2.41. The van der Waals surface area contributed by atoms with Crippen LogP contribution in [0.1, 0.15) is 29.1 Å². The van der Waals surface area contributed by atoms with Gasteiger partial charge in [0.05, 0.1) is 6.54 Å². The summed E-state index contributed by atoms with van der Waals surface area (Å²) in [7, 11) is 0. The molecule has 1 N–H and O–H groups in total. The van der Waals surface area contributed by atoms with Crippen LogP contribution in [-0.2, 0) is 12.1 Å². The van der Waals surface area contributed by atoms with Gasteiger partial charge in [-0.15, -0.1) is 11.3 Å². The lowest BCUT2D eigenvalue weighted by Gasteiger charge is -2.33. The molecule has 0 aliphatic rings. The van der Waals surface area contributed by atoms with Crippen LogP contribution in [0.4, 0.5) is 8.78 Å². The van der Waals surface area contributed by atoms with Crippen molar-refractivity contribution in [2.75, 3.05) is 0 Å². The van der Waals surface area contributed by atoms with Crippen LogP contribution in [0, 0.1) is 18.6 Å². The van der Waals surface area contributed by atoms with E-state index in [1.807, 2.05) is 36.6 Å². The highest BCUT2D eigenvalue weighted by atomic mass is 32.1. The van der Waals surface area contributed by atoms with Gasteiger partial charge in [0.25, 0.3) is 0 Å². The molecule has 5 rings (SSSR count). The molecule has 0 fully saturated rings. The predicted molar refractivity (Wildman–Crippen MR) is 130 cm³/mol. The number of thiazole rings is 1. The smallest absolute Gasteiger partial charge is 0.173 e. The van der Waals surface area contributed by atoms with Crippen LogP contribution in [0.2, 0.25) is 0 Å². The second-order valence-corrected chi connectivity index (χ2v) is 9.83. The van der Waals surface area contributed by atoms with Gasteiger partial charge in [0.2, 0.25) is 0 Å². The van der Waals surface area contributed by atoms with Crippen LogP contribution in [-0.4, -0.2) is 34.2 Å². The Morgan fingerprint density at radius 1 is 1.09 bits per heavy atom. The largest absolute Gasteiger partial charge is 0.382 e. The van der Waals surface area contributed by atoms with E-state index in [1.54, 1.807) is 18.3 Å². The molecule has 0 saturated heterocycles. The third-order valence-electron chi connectivity index (χ3n) is 5.80. The SMILES string of the molecule is Cc1csc(-c2ccc(-c3nsc(C(C)C(O)(Cn4cncn4)c4ccc(F)cc4F)n3)cc2)n1. The molecule has 35 heavy (non-hydrogen) atoms. The molecule has 178 valence electrons. The second kappa shape index (κ2) is 9.33. The summed E-state index contributed by atoms with van der Waals surface area (Å²) in [6.45, 7) is 3.59. The number of hydrogen-bond acceptors (Lipinski definition) is 8. The molecule has 0 radical (unpaired) electrons. The van der Waals surface area contributed by atoms with E-state index in [9.17, 15) is 13.9 Å². The zero-order chi connectivity index (χ0) is 24.6. The van der Waals surface area contributed by atoms with Crippen molar-refractivity contribution in [3.63, 3.8) is 0 Å². The number of benzene rings is 2. The lowest BCUT2D eigenvalue weighted by Crippen LogP contribution is -2.38. The maximum atomic E-state index is 14.8. The number of aliphatic hydroxyl groups is 1. The lowest BCUT2D eigenvalue weighted by atomic mass is 9.82. The molecule has 0 aliphatic heterocycles. The number of rotatable bonds is 7. The van der Waals surface area contributed by atoms with Gasteiger partial charge >= 0.3 is 0 Å². The Hall–Kier alpha value is -3.41. The predicted octanol–water partition coefficient (Wildman–Crippen LogP) is 5.20. The first kappa shape index (κ1) is 23.3. The van der Waals surface area contributed by atoms with E-state index >= 15 is 0 Å². The third kappa shape index (κ3) is 4.62. The summed E-state index contributed by atoms with van der Waals surface area (Å²) in [4.78, 5) is 13.1. The minimum absolute atomic E-state index is 0.0539. The first-order chi connectivity index (χ1) is 16.8. The maximum Gasteiger partial charge on any atom is 0.173 e. The fraction of sp³-hybridized carbons (Fsp3) is 0.208. The van der Waals surface area contributed by atoms with Gasteiger partial charge in [-0.2, -0.15) is 9.47 Å². The van der Waals surface area contributed by atoms with Crippen LogP contribution in [0.25, 0.3) is 22.0 Å². The summed E-state index contributed by atoms with van der Waals surface area (Å²) in [5, 5.41) is 19.3. The molecular weight excluding hydrogens is 490 g/mol. The molecule has 0 aliphatic carbocycles. The third-order valence-corrected chi connectivity index (χ3v) is 7.71. The molecular formula is C24H20F2N6OS2. The van der Waals surface area contributed by atoms with Crippen molar-refractivity contribution in [3.05, 3.63) is 88.4 Å². The highest BCUT2D eigenvalue weighted by Crippen LogP contribution is 2.41. The van der Waals surface area contributed by atoms with Gasteiger partial charge in [0.1, 0.15) is 39.9 Å². The number of nitrogens with zero attached hydrogens (tertiary/aromatic N) is 6. The van der Waals surface area contributed by atoms with Crippen LogP contribution in [0.5, 0.6) is 0 Å². The molecule has 2 aromatic carbocycles. The van der Waals surface area contributed by atoms with E-state index in [0.717, 1.165) is 45.5 Å². The number of halogens is 2. The van der Waals surface area contributed by atoms with Crippen molar-refractivity contribution in [1.29, 1.82) is 0 Å². The molecule has 0 spiro atoms. The second-order valence-electron chi connectivity index (χ2n) is 8.19. The lowest BCUT2D eigenvalue weighted by molar-refractivity contribution is -0.0112. The molecule has 5 aromatic rings. The van der Waals surface area contributed by atoms with Gasteiger partial charge in [-0.05, 0) is 24.5 Å². The van der Waals surface area contributed by atoms with E-state index in [1.165, 1.54) is 23.4 Å². The standard InChI is InChI=1S/C24H20F2N6OS2/c1-14-10-34-23(29-14)17-5-3-16(4-6-17)21-30-22(35-31-21)15(2)24(33,11-32-13-27-12-28-32)19-8-7-18(25)9-20(19)26/h3-10,12-13,15,33H,11H2,1-2H3. The van der Waals surface area contributed by atoms with Crippen molar-refractivity contribution < 1.29 is 13.9 Å². The summed E-state index contributed by atoms with van der Waals surface area (Å²) in [6, 6.07) is 10.9. The van der Waals surface area contributed by atoms with E-state index in [4.69, 9.17) is 0 Å². The summed E-state index contributed by atoms with van der Waals surface area (Å²) in [6.07, 6.45) is 2.75. The Kier molecular flexibility index (Phi) is 6.22. The van der Waals surface area contributed by atoms with E-state index in [-0.39, 0.29) is 12.1 Å². The molecule has 2 unspecified atom stereocenters. The van der Waals surface area contributed by atoms with Crippen LogP contribution in [0.15, 0.2) is 60.5 Å². The fourth-order valence-corrected chi connectivity index (χ4v) is 5.45. The topological polar surface area (TPSA) is 89.6 Å². The van der Waals surface area contributed by atoms with Gasteiger partial charge in [-0.3, -0.25) is 0 Å². The molecule has 0 saturated carbocycles. The Balaban J connectivity index is 1.47. The van der Waals surface area contributed by atoms with Crippen molar-refractivity contribution in [1.82, 2.24) is 29.1 Å². The summed E-state index contributed by atoms with van der Waals surface area (Å²) in [5.74, 6) is -1.76. The first-order valence-electron chi connectivity index (χ1n) is 10.7. The van der Waals surface area contributed by atoms with Gasteiger partial charge < -0.3 is 5.11 Å². The van der Waals surface area contributed by atoms with E-state index < -0.39 is 23.2 Å². The van der Waals surface area contributed by atoms with Crippen LogP contribution < -0.4 is 0 Å². The molecule has 0 bridgehead atoms. The van der Waals surface area contributed by atoms with E-state index in [2.05, 4.69) is 24.4 Å². The molecule has 3 heterocycles. The zero-order valence-electron chi connectivity index (χ0n) is 18.8.